The first kappa shape index (κ1) is 12.6. The monoisotopic (exact) mass is 255 g/mol. The largest absolute Gasteiger partial charge is 0.399 e. The number of carbonyl (C=O) groups excluding carboxylic acids is 1. The first-order valence-electron chi connectivity index (χ1n) is 5.49. The van der Waals surface area contributed by atoms with Gasteiger partial charge in [0, 0.05) is 17.5 Å². The van der Waals surface area contributed by atoms with Crippen molar-refractivity contribution in [2.75, 3.05) is 11.5 Å². The van der Waals surface area contributed by atoms with Crippen LogP contribution in [0.1, 0.15) is 16.1 Å². The predicted octanol–water partition coefficient (Wildman–Crippen LogP) is 1.01. The third-order valence-corrected chi connectivity index (χ3v) is 2.68. The maximum absolute atomic E-state index is 11.2. The second-order valence-electron chi connectivity index (χ2n) is 3.99. The van der Waals surface area contributed by atoms with Gasteiger partial charge in [0.15, 0.2) is 0 Å². The Labute approximate surface area is 109 Å². The molecule has 0 aliphatic heterocycles. The van der Waals surface area contributed by atoms with Crippen molar-refractivity contribution in [3.8, 4) is 11.1 Å². The Kier molecular flexibility index (Phi) is 3.15. The molecule has 1 aromatic heterocycles. The summed E-state index contributed by atoms with van der Waals surface area (Å²) >= 11 is 0. The summed E-state index contributed by atoms with van der Waals surface area (Å²) < 4.78 is 0. The first-order valence-corrected chi connectivity index (χ1v) is 5.49. The van der Waals surface area contributed by atoms with Crippen molar-refractivity contribution in [2.24, 2.45) is 5.73 Å². The highest BCUT2D eigenvalue weighted by Crippen LogP contribution is 2.27. The topological polar surface area (TPSA) is 132 Å². The van der Waals surface area contributed by atoms with Gasteiger partial charge in [0.1, 0.15) is 11.5 Å². The van der Waals surface area contributed by atoms with E-state index in [-0.39, 0.29) is 11.5 Å². The van der Waals surface area contributed by atoms with Gasteiger partial charge in [-0.2, -0.15) is 0 Å². The highest BCUT2D eigenvalue weighted by atomic mass is 16.1. The quantitative estimate of drug-likeness (QED) is 0.481. The van der Waals surface area contributed by atoms with Crippen LogP contribution in [0.5, 0.6) is 0 Å². The summed E-state index contributed by atoms with van der Waals surface area (Å²) in [6.07, 6.45) is 1.09. The number of rotatable bonds is 3. The molecule has 0 saturated carbocycles. The Hall–Kier alpha value is -2.89. The molecular weight excluding hydrogens is 242 g/mol. The molecule has 0 spiro atoms. The molecule has 0 aliphatic carbocycles. The van der Waals surface area contributed by atoms with E-state index < -0.39 is 5.91 Å². The Morgan fingerprint density at radius 2 is 2.00 bits per heavy atom. The minimum atomic E-state index is -0.673. The van der Waals surface area contributed by atoms with Crippen LogP contribution in [-0.2, 0) is 0 Å². The molecule has 2 rings (SSSR count). The standard InChI is InChI=1S/C13H13N5O/c14-6-10-9(7-2-1-3-8(15)4-7)5-11(13(17)19)18-12(10)16/h1-6,14H,15H2,(H2,16,18)(H2,17,19). The van der Waals surface area contributed by atoms with E-state index in [1.807, 2.05) is 6.07 Å². The van der Waals surface area contributed by atoms with E-state index in [2.05, 4.69) is 4.98 Å². The number of hydrogen-bond acceptors (Lipinski definition) is 5. The summed E-state index contributed by atoms with van der Waals surface area (Å²) in [4.78, 5) is 15.1. The molecule has 0 unspecified atom stereocenters. The zero-order valence-electron chi connectivity index (χ0n) is 10.1. The number of nitrogens with zero attached hydrogens (tertiary/aromatic N) is 1. The number of anilines is 2. The Bertz CT molecular complexity index is 666. The lowest BCUT2D eigenvalue weighted by Gasteiger charge is -2.10. The lowest BCUT2D eigenvalue weighted by molar-refractivity contribution is 0.0996. The van der Waals surface area contributed by atoms with Gasteiger partial charge < -0.3 is 22.6 Å². The average molecular weight is 255 g/mol. The molecule has 0 bridgehead atoms. The normalized spacial score (nSPS) is 10.1. The van der Waals surface area contributed by atoms with Gasteiger partial charge >= 0.3 is 0 Å². The fourth-order valence-corrected chi connectivity index (χ4v) is 1.80. The number of primary amides is 1. The van der Waals surface area contributed by atoms with Crippen molar-refractivity contribution >= 4 is 23.6 Å². The second kappa shape index (κ2) is 4.77. The zero-order valence-corrected chi connectivity index (χ0v) is 10.1. The number of nitrogen functional groups attached to an aromatic ring is 2. The first-order chi connectivity index (χ1) is 9.02. The Morgan fingerprint density at radius 3 is 2.58 bits per heavy atom. The lowest BCUT2D eigenvalue weighted by atomic mass is 9.99. The zero-order chi connectivity index (χ0) is 14.0. The van der Waals surface area contributed by atoms with Crippen LogP contribution in [0.15, 0.2) is 30.3 Å². The summed E-state index contributed by atoms with van der Waals surface area (Å²) in [5, 5.41) is 7.41. The molecule has 1 aromatic carbocycles. The number of carbonyl (C=O) groups is 1. The van der Waals surface area contributed by atoms with Crippen LogP contribution in [0.4, 0.5) is 11.5 Å². The Morgan fingerprint density at radius 1 is 1.26 bits per heavy atom. The lowest BCUT2D eigenvalue weighted by Crippen LogP contribution is -2.15. The molecule has 0 atom stereocenters. The molecule has 6 nitrogen and oxygen atoms in total. The van der Waals surface area contributed by atoms with Crippen LogP contribution in [-0.4, -0.2) is 17.1 Å². The molecule has 7 N–H and O–H groups in total. The number of benzene rings is 1. The van der Waals surface area contributed by atoms with E-state index in [1.165, 1.54) is 6.07 Å². The highest BCUT2D eigenvalue weighted by molar-refractivity contribution is 5.99. The maximum atomic E-state index is 11.2. The van der Waals surface area contributed by atoms with Gasteiger partial charge in [-0.05, 0) is 29.3 Å². The van der Waals surface area contributed by atoms with Crippen molar-refractivity contribution in [1.82, 2.24) is 4.98 Å². The van der Waals surface area contributed by atoms with Crippen LogP contribution < -0.4 is 17.2 Å². The van der Waals surface area contributed by atoms with Crippen LogP contribution in [0, 0.1) is 5.41 Å². The smallest absolute Gasteiger partial charge is 0.267 e. The number of pyridine rings is 1. The van der Waals surface area contributed by atoms with Gasteiger partial charge in [-0.15, -0.1) is 0 Å². The van der Waals surface area contributed by atoms with E-state index in [9.17, 15) is 4.79 Å². The molecule has 6 heteroatoms. The van der Waals surface area contributed by atoms with Gasteiger partial charge in [0.05, 0.1) is 0 Å². The fourth-order valence-electron chi connectivity index (χ4n) is 1.80. The number of nitrogens with one attached hydrogen (secondary N) is 1. The van der Waals surface area contributed by atoms with Crippen LogP contribution in [0.25, 0.3) is 11.1 Å². The maximum Gasteiger partial charge on any atom is 0.267 e. The predicted molar refractivity (Wildman–Crippen MR) is 74.9 cm³/mol. The van der Waals surface area contributed by atoms with Crippen molar-refractivity contribution in [2.45, 2.75) is 0 Å². The third kappa shape index (κ3) is 2.37. The van der Waals surface area contributed by atoms with Crippen molar-refractivity contribution < 1.29 is 4.79 Å². The molecule has 19 heavy (non-hydrogen) atoms. The summed E-state index contributed by atoms with van der Waals surface area (Å²) in [5.74, 6) is -0.586. The van der Waals surface area contributed by atoms with Crippen LogP contribution in [0.3, 0.4) is 0 Å². The number of aromatic nitrogens is 1. The van der Waals surface area contributed by atoms with Gasteiger partial charge in [-0.25, -0.2) is 4.98 Å². The minimum absolute atomic E-state index is 0.0560. The molecule has 0 saturated heterocycles. The fraction of sp³-hybridized carbons (Fsp3) is 0. The van der Waals surface area contributed by atoms with Gasteiger partial charge in [0.2, 0.25) is 0 Å². The molecule has 1 amide bonds. The van der Waals surface area contributed by atoms with E-state index in [0.29, 0.717) is 16.8 Å². The van der Waals surface area contributed by atoms with Crippen molar-refractivity contribution in [1.29, 1.82) is 5.41 Å². The van der Waals surface area contributed by atoms with Gasteiger partial charge in [-0.3, -0.25) is 4.79 Å². The number of hydrogen-bond donors (Lipinski definition) is 4. The van der Waals surface area contributed by atoms with E-state index >= 15 is 0 Å². The summed E-state index contributed by atoms with van der Waals surface area (Å²) in [7, 11) is 0. The molecule has 96 valence electrons. The van der Waals surface area contributed by atoms with Crippen molar-refractivity contribution in [3.63, 3.8) is 0 Å². The van der Waals surface area contributed by atoms with Crippen molar-refractivity contribution in [3.05, 3.63) is 41.6 Å². The molecule has 0 aliphatic rings. The molecule has 0 fully saturated rings. The van der Waals surface area contributed by atoms with Gasteiger partial charge in [-0.1, -0.05) is 12.1 Å². The molecule has 0 radical (unpaired) electrons. The SMILES string of the molecule is N=Cc1c(-c2cccc(N)c2)cc(C(N)=O)nc1N. The van der Waals surface area contributed by atoms with Crippen LogP contribution >= 0.6 is 0 Å². The second-order valence-corrected chi connectivity index (χ2v) is 3.99. The summed E-state index contributed by atoms with van der Waals surface area (Å²) in [6, 6.07) is 8.56. The van der Waals surface area contributed by atoms with Gasteiger partial charge in [0.25, 0.3) is 5.91 Å². The molecular formula is C13H13N5O. The number of amides is 1. The molecule has 2 aromatic rings. The van der Waals surface area contributed by atoms with E-state index in [1.54, 1.807) is 18.2 Å². The average Bonchev–Trinajstić information content (AvgIpc) is 2.37. The summed E-state index contributed by atoms with van der Waals surface area (Å²) in [6.45, 7) is 0. The number of nitrogens with two attached hydrogens (primary N) is 3. The highest BCUT2D eigenvalue weighted by Gasteiger charge is 2.13. The van der Waals surface area contributed by atoms with E-state index in [4.69, 9.17) is 22.6 Å². The third-order valence-electron chi connectivity index (χ3n) is 2.68. The molecule has 1 heterocycles. The minimum Gasteiger partial charge on any atom is -0.399 e. The van der Waals surface area contributed by atoms with E-state index in [0.717, 1.165) is 11.8 Å². The Balaban J connectivity index is 2.73. The summed E-state index contributed by atoms with van der Waals surface area (Å²) in [5.41, 5.74) is 19.1. The van der Waals surface area contributed by atoms with Crippen LogP contribution in [0.2, 0.25) is 0 Å².